The van der Waals surface area contributed by atoms with E-state index >= 15 is 0 Å². The zero-order valence-corrected chi connectivity index (χ0v) is 14.9. The molecule has 0 aromatic carbocycles. The van der Waals surface area contributed by atoms with E-state index in [-0.39, 0.29) is 11.3 Å². The molecule has 4 rings (SSSR count). The van der Waals surface area contributed by atoms with Gasteiger partial charge in [0.2, 0.25) is 6.10 Å². The number of oxime groups is 1. The first kappa shape index (κ1) is 16.6. The molecule has 0 bridgehead atoms. The third-order valence-electron chi connectivity index (χ3n) is 6.37. The number of rotatable bonds is 5. The zero-order chi connectivity index (χ0) is 17.7. The predicted molar refractivity (Wildman–Crippen MR) is 92.1 cm³/mol. The summed E-state index contributed by atoms with van der Waals surface area (Å²) in [6, 6.07) is 0. The highest BCUT2D eigenvalue weighted by atomic mass is 16.6. The van der Waals surface area contributed by atoms with E-state index < -0.39 is 11.7 Å². The summed E-state index contributed by atoms with van der Waals surface area (Å²) in [7, 11) is 1.86. The van der Waals surface area contributed by atoms with Crippen LogP contribution in [0.4, 0.5) is 0 Å². The van der Waals surface area contributed by atoms with E-state index in [1.807, 2.05) is 20.2 Å². The minimum absolute atomic E-state index is 0.136. The summed E-state index contributed by atoms with van der Waals surface area (Å²) in [5.41, 5.74) is 1.86. The molecular weight excluding hydrogens is 320 g/mol. The van der Waals surface area contributed by atoms with E-state index in [0.29, 0.717) is 13.0 Å². The number of hydrogen-bond acceptors (Lipinski definition) is 5. The van der Waals surface area contributed by atoms with Gasteiger partial charge >= 0.3 is 0 Å². The molecule has 2 aliphatic carbocycles. The van der Waals surface area contributed by atoms with Gasteiger partial charge in [0, 0.05) is 37.2 Å². The SMILES string of the molecule is Cc1nn(C)cc1C1=NOC(C(=O)NCC2(C3(O)CCC3)CCC2)C1. The van der Waals surface area contributed by atoms with Crippen LogP contribution in [-0.2, 0) is 16.7 Å². The number of carbonyl (C=O) groups is 1. The molecule has 2 fully saturated rings. The summed E-state index contributed by atoms with van der Waals surface area (Å²) >= 11 is 0. The van der Waals surface area contributed by atoms with Crippen molar-refractivity contribution in [1.29, 1.82) is 0 Å². The van der Waals surface area contributed by atoms with Gasteiger partial charge in [0.05, 0.1) is 17.0 Å². The van der Waals surface area contributed by atoms with E-state index in [1.54, 1.807) is 4.68 Å². The van der Waals surface area contributed by atoms with Crippen LogP contribution in [0.2, 0.25) is 0 Å². The summed E-state index contributed by atoms with van der Waals surface area (Å²) in [5, 5.41) is 22.2. The van der Waals surface area contributed by atoms with Crippen LogP contribution in [0, 0.1) is 12.3 Å². The average Bonchev–Trinajstić information content (AvgIpc) is 3.10. The van der Waals surface area contributed by atoms with Crippen LogP contribution < -0.4 is 5.32 Å². The van der Waals surface area contributed by atoms with Crippen molar-refractivity contribution in [2.24, 2.45) is 17.6 Å². The number of aliphatic hydroxyl groups is 1. The molecule has 7 heteroatoms. The topological polar surface area (TPSA) is 88.7 Å². The van der Waals surface area contributed by atoms with Crippen LogP contribution in [-0.4, -0.2) is 44.8 Å². The number of hydrogen-bond donors (Lipinski definition) is 2. The lowest BCUT2D eigenvalue weighted by Crippen LogP contribution is -2.61. The van der Waals surface area contributed by atoms with Gasteiger partial charge in [-0.05, 0) is 39.0 Å². The van der Waals surface area contributed by atoms with Crippen LogP contribution >= 0.6 is 0 Å². The standard InChI is InChI=1S/C18H26N4O3/c1-12-13(10-22(2)20-12)14-9-15(25-21-14)16(23)19-11-17(5-3-6-17)18(24)7-4-8-18/h10,15,24H,3-9,11H2,1-2H3,(H,19,23). The average molecular weight is 346 g/mol. The monoisotopic (exact) mass is 346 g/mol. The number of amides is 1. The van der Waals surface area contributed by atoms with Gasteiger partial charge in [0.15, 0.2) is 0 Å². The Hall–Kier alpha value is -1.89. The molecule has 2 heterocycles. The Labute approximate surface area is 147 Å². The van der Waals surface area contributed by atoms with E-state index in [4.69, 9.17) is 4.84 Å². The lowest BCUT2D eigenvalue weighted by Gasteiger charge is -2.57. The number of nitrogens with one attached hydrogen (secondary N) is 1. The highest BCUT2D eigenvalue weighted by molar-refractivity contribution is 6.04. The minimum atomic E-state index is -0.595. The van der Waals surface area contributed by atoms with Gasteiger partial charge in [-0.1, -0.05) is 11.6 Å². The number of nitrogens with zero attached hydrogens (tertiary/aromatic N) is 3. The van der Waals surface area contributed by atoms with Gasteiger partial charge in [-0.2, -0.15) is 5.10 Å². The summed E-state index contributed by atoms with van der Waals surface area (Å²) in [4.78, 5) is 17.9. The predicted octanol–water partition coefficient (Wildman–Crippen LogP) is 1.42. The maximum absolute atomic E-state index is 12.5. The van der Waals surface area contributed by atoms with E-state index in [0.717, 1.165) is 55.5 Å². The molecule has 3 aliphatic rings. The van der Waals surface area contributed by atoms with Gasteiger partial charge in [-0.15, -0.1) is 0 Å². The molecule has 0 spiro atoms. The van der Waals surface area contributed by atoms with Gasteiger partial charge in [0.25, 0.3) is 5.91 Å². The Bertz CT molecular complexity index is 716. The number of aryl methyl sites for hydroxylation is 2. The number of carbonyl (C=O) groups excluding carboxylic acids is 1. The van der Waals surface area contributed by atoms with E-state index in [2.05, 4.69) is 15.6 Å². The smallest absolute Gasteiger partial charge is 0.264 e. The second-order valence-corrected chi connectivity index (χ2v) is 7.87. The lowest BCUT2D eigenvalue weighted by atomic mass is 9.52. The van der Waals surface area contributed by atoms with E-state index in [1.165, 1.54) is 0 Å². The molecule has 1 aliphatic heterocycles. The van der Waals surface area contributed by atoms with Crippen molar-refractivity contribution in [3.8, 4) is 0 Å². The summed E-state index contributed by atoms with van der Waals surface area (Å²) in [5.74, 6) is -0.144. The van der Waals surface area contributed by atoms with Crippen molar-refractivity contribution in [1.82, 2.24) is 15.1 Å². The molecule has 1 unspecified atom stereocenters. The fourth-order valence-corrected chi connectivity index (χ4v) is 4.38. The Morgan fingerprint density at radius 2 is 2.12 bits per heavy atom. The van der Waals surface area contributed by atoms with Gasteiger partial charge in [0.1, 0.15) is 0 Å². The molecule has 1 aromatic rings. The molecule has 2 saturated carbocycles. The zero-order valence-electron chi connectivity index (χ0n) is 14.9. The Balaban J connectivity index is 1.35. The van der Waals surface area contributed by atoms with Crippen LogP contribution in [0.15, 0.2) is 11.4 Å². The third-order valence-corrected chi connectivity index (χ3v) is 6.37. The second kappa shape index (κ2) is 5.83. The minimum Gasteiger partial charge on any atom is -0.389 e. The highest BCUT2D eigenvalue weighted by Crippen LogP contribution is 2.56. The van der Waals surface area contributed by atoms with Crippen molar-refractivity contribution < 1.29 is 14.7 Å². The molecule has 7 nitrogen and oxygen atoms in total. The van der Waals surface area contributed by atoms with Crippen molar-refractivity contribution in [2.75, 3.05) is 6.54 Å². The first-order valence-electron chi connectivity index (χ1n) is 9.16. The van der Waals surface area contributed by atoms with Crippen molar-refractivity contribution in [3.63, 3.8) is 0 Å². The van der Waals surface area contributed by atoms with Crippen molar-refractivity contribution >= 4 is 11.6 Å². The highest BCUT2D eigenvalue weighted by Gasteiger charge is 2.56. The van der Waals surface area contributed by atoms with Crippen molar-refractivity contribution in [2.45, 2.75) is 63.6 Å². The molecule has 0 saturated heterocycles. The van der Waals surface area contributed by atoms with Crippen LogP contribution in [0.5, 0.6) is 0 Å². The molecular formula is C18H26N4O3. The van der Waals surface area contributed by atoms with Gasteiger partial charge < -0.3 is 15.3 Å². The van der Waals surface area contributed by atoms with Crippen LogP contribution in [0.3, 0.4) is 0 Å². The molecule has 2 N–H and O–H groups in total. The first-order chi connectivity index (χ1) is 11.9. The first-order valence-corrected chi connectivity index (χ1v) is 9.16. The Kier molecular flexibility index (Phi) is 3.86. The van der Waals surface area contributed by atoms with Gasteiger partial charge in [-0.3, -0.25) is 9.48 Å². The third kappa shape index (κ3) is 2.65. The molecule has 1 aromatic heterocycles. The van der Waals surface area contributed by atoms with Crippen LogP contribution in [0.25, 0.3) is 0 Å². The maximum Gasteiger partial charge on any atom is 0.264 e. The molecule has 136 valence electrons. The fourth-order valence-electron chi connectivity index (χ4n) is 4.38. The molecule has 1 amide bonds. The van der Waals surface area contributed by atoms with Crippen LogP contribution in [0.1, 0.15) is 56.2 Å². The quantitative estimate of drug-likeness (QED) is 0.844. The summed E-state index contributed by atoms with van der Waals surface area (Å²) in [6.45, 7) is 2.45. The van der Waals surface area contributed by atoms with Crippen molar-refractivity contribution in [3.05, 3.63) is 17.5 Å². The second-order valence-electron chi connectivity index (χ2n) is 7.87. The lowest BCUT2D eigenvalue weighted by molar-refractivity contribution is -0.174. The molecule has 25 heavy (non-hydrogen) atoms. The largest absolute Gasteiger partial charge is 0.389 e. The Morgan fingerprint density at radius 3 is 2.64 bits per heavy atom. The summed E-state index contributed by atoms with van der Waals surface area (Å²) in [6.07, 6.45) is 7.67. The fraction of sp³-hybridized carbons (Fsp3) is 0.722. The molecule has 0 radical (unpaired) electrons. The van der Waals surface area contributed by atoms with Gasteiger partial charge in [-0.25, -0.2) is 0 Å². The normalized spacial score (nSPS) is 26.2. The van der Waals surface area contributed by atoms with E-state index in [9.17, 15) is 9.90 Å². The Morgan fingerprint density at radius 1 is 1.40 bits per heavy atom. The molecule has 1 atom stereocenters. The number of aromatic nitrogens is 2. The maximum atomic E-state index is 12.5. The summed E-state index contributed by atoms with van der Waals surface area (Å²) < 4.78 is 1.74.